The van der Waals surface area contributed by atoms with Crippen LogP contribution in [0.1, 0.15) is 30.0 Å². The predicted octanol–water partition coefficient (Wildman–Crippen LogP) is 1.55. The number of nitrogens with one attached hydrogen (secondary N) is 1. The summed E-state index contributed by atoms with van der Waals surface area (Å²) in [5.74, 6) is -3.01. The van der Waals surface area contributed by atoms with Crippen LogP contribution in [0.5, 0.6) is 0 Å². The number of alkyl halides is 3. The Balaban J connectivity index is 1.87. The molecule has 2 aliphatic heterocycles. The normalized spacial score (nSPS) is 23.3. The molecule has 2 heterocycles. The number of benzene rings is 1. The molecule has 27 heavy (non-hydrogen) atoms. The van der Waals surface area contributed by atoms with Gasteiger partial charge in [-0.05, 0) is 25.3 Å². The minimum absolute atomic E-state index is 0.121. The van der Waals surface area contributed by atoms with Crippen molar-refractivity contribution in [3.8, 4) is 0 Å². The van der Waals surface area contributed by atoms with Crippen LogP contribution >= 0.6 is 0 Å². The van der Waals surface area contributed by atoms with E-state index in [1.165, 1.54) is 4.90 Å². The van der Waals surface area contributed by atoms with Crippen molar-refractivity contribution in [2.75, 3.05) is 19.6 Å². The van der Waals surface area contributed by atoms with Crippen LogP contribution in [-0.4, -0.2) is 59.4 Å². The highest BCUT2D eigenvalue weighted by molar-refractivity contribution is 5.94. The molecule has 3 amide bonds. The molecule has 0 saturated carbocycles. The minimum atomic E-state index is -5.03. The maximum Gasteiger partial charge on any atom is 0.471 e. The first kappa shape index (κ1) is 19.2. The van der Waals surface area contributed by atoms with Crippen molar-refractivity contribution >= 4 is 17.7 Å². The van der Waals surface area contributed by atoms with Crippen molar-refractivity contribution in [2.45, 2.75) is 38.0 Å². The molecule has 2 saturated heterocycles. The molecule has 2 aliphatic rings. The number of nitrogens with zero attached hydrogens (tertiary/aromatic N) is 2. The van der Waals surface area contributed by atoms with Gasteiger partial charge in [0.1, 0.15) is 12.1 Å². The largest absolute Gasteiger partial charge is 0.471 e. The van der Waals surface area contributed by atoms with Crippen LogP contribution in [0.15, 0.2) is 24.3 Å². The summed E-state index contributed by atoms with van der Waals surface area (Å²) in [5, 5.41) is 2.69. The van der Waals surface area contributed by atoms with Gasteiger partial charge in [0.15, 0.2) is 0 Å². The first-order valence-electron chi connectivity index (χ1n) is 8.72. The Morgan fingerprint density at radius 2 is 1.78 bits per heavy atom. The van der Waals surface area contributed by atoms with E-state index in [2.05, 4.69) is 5.32 Å². The zero-order chi connectivity index (χ0) is 19.8. The van der Waals surface area contributed by atoms with Crippen molar-refractivity contribution in [3.05, 3.63) is 35.4 Å². The second-order valence-corrected chi connectivity index (χ2v) is 6.79. The Labute approximate surface area is 154 Å². The van der Waals surface area contributed by atoms with Gasteiger partial charge < -0.3 is 15.1 Å². The Kier molecular flexibility index (Phi) is 5.12. The van der Waals surface area contributed by atoms with Crippen molar-refractivity contribution in [1.29, 1.82) is 0 Å². The second kappa shape index (κ2) is 7.21. The van der Waals surface area contributed by atoms with E-state index >= 15 is 0 Å². The molecule has 0 aliphatic carbocycles. The van der Waals surface area contributed by atoms with Gasteiger partial charge in [-0.1, -0.05) is 29.8 Å². The van der Waals surface area contributed by atoms with E-state index in [1.807, 2.05) is 6.92 Å². The summed E-state index contributed by atoms with van der Waals surface area (Å²) in [6.07, 6.45) is -4.56. The fourth-order valence-electron chi connectivity index (χ4n) is 3.61. The predicted molar refractivity (Wildman–Crippen MR) is 89.4 cm³/mol. The van der Waals surface area contributed by atoms with Crippen LogP contribution in [0, 0.1) is 6.92 Å². The highest BCUT2D eigenvalue weighted by Gasteiger charge is 2.49. The van der Waals surface area contributed by atoms with Gasteiger partial charge in [-0.25, -0.2) is 0 Å². The fourth-order valence-corrected chi connectivity index (χ4v) is 3.61. The van der Waals surface area contributed by atoms with E-state index in [-0.39, 0.29) is 32.0 Å². The average molecular weight is 383 g/mol. The smallest absolute Gasteiger partial charge is 0.352 e. The number of carbonyl (C=O) groups is 3. The summed E-state index contributed by atoms with van der Waals surface area (Å²) in [7, 11) is 0. The molecule has 9 heteroatoms. The van der Waals surface area contributed by atoms with E-state index in [4.69, 9.17) is 0 Å². The van der Waals surface area contributed by atoms with Crippen molar-refractivity contribution in [1.82, 2.24) is 15.1 Å². The van der Waals surface area contributed by atoms with E-state index in [0.717, 1.165) is 5.56 Å². The molecule has 0 radical (unpaired) electrons. The maximum absolute atomic E-state index is 13.0. The summed E-state index contributed by atoms with van der Waals surface area (Å²) in [4.78, 5) is 39.0. The Bertz CT molecular complexity index is 748. The molecule has 2 unspecified atom stereocenters. The van der Waals surface area contributed by atoms with Gasteiger partial charge >= 0.3 is 12.1 Å². The van der Waals surface area contributed by atoms with Gasteiger partial charge in [0.05, 0.1) is 0 Å². The first-order chi connectivity index (χ1) is 12.7. The Hall–Kier alpha value is -2.58. The van der Waals surface area contributed by atoms with Crippen LogP contribution in [0.4, 0.5) is 13.2 Å². The molecule has 1 aromatic rings. The number of halogens is 3. The van der Waals surface area contributed by atoms with E-state index in [0.29, 0.717) is 16.9 Å². The zero-order valence-electron chi connectivity index (χ0n) is 14.8. The van der Waals surface area contributed by atoms with Gasteiger partial charge in [-0.15, -0.1) is 0 Å². The number of amides is 3. The standard InChI is InChI=1S/C18H20F3N3O3/c1-11-4-6-12(7-5-11)14-15(25)22-8-10-24(14)16(26)13-3-2-9-23(13)17(27)18(19,20)21/h4-7,13-14H,2-3,8-10H2,1H3,(H,22,25). The third kappa shape index (κ3) is 3.77. The van der Waals surface area contributed by atoms with Gasteiger partial charge in [-0.3, -0.25) is 14.4 Å². The molecule has 0 aromatic heterocycles. The number of carbonyl (C=O) groups excluding carboxylic acids is 3. The van der Waals surface area contributed by atoms with E-state index in [9.17, 15) is 27.6 Å². The van der Waals surface area contributed by atoms with Crippen LogP contribution in [0.2, 0.25) is 0 Å². The SMILES string of the molecule is Cc1ccc(C2C(=O)NCCN2C(=O)C2CCCN2C(=O)C(F)(F)F)cc1. The number of hydrogen-bond acceptors (Lipinski definition) is 3. The zero-order valence-corrected chi connectivity index (χ0v) is 14.8. The lowest BCUT2D eigenvalue weighted by Crippen LogP contribution is -2.57. The van der Waals surface area contributed by atoms with Crippen LogP contribution in [0.3, 0.4) is 0 Å². The van der Waals surface area contributed by atoms with Crippen LogP contribution in [0.25, 0.3) is 0 Å². The summed E-state index contributed by atoms with van der Waals surface area (Å²) in [5.41, 5.74) is 1.56. The highest BCUT2D eigenvalue weighted by atomic mass is 19.4. The van der Waals surface area contributed by atoms with Crippen LogP contribution < -0.4 is 5.32 Å². The highest BCUT2D eigenvalue weighted by Crippen LogP contribution is 2.30. The van der Waals surface area contributed by atoms with Crippen molar-refractivity contribution in [2.24, 2.45) is 0 Å². The molecule has 1 N–H and O–H groups in total. The molecule has 146 valence electrons. The topological polar surface area (TPSA) is 69.7 Å². The lowest BCUT2D eigenvalue weighted by Gasteiger charge is -2.38. The summed E-state index contributed by atoms with van der Waals surface area (Å²) in [6.45, 7) is 2.15. The van der Waals surface area contributed by atoms with E-state index in [1.54, 1.807) is 24.3 Å². The molecule has 3 rings (SSSR count). The number of likely N-dealkylation sites (tertiary alicyclic amines) is 1. The molecule has 0 bridgehead atoms. The monoisotopic (exact) mass is 383 g/mol. The Morgan fingerprint density at radius 1 is 1.11 bits per heavy atom. The first-order valence-corrected chi connectivity index (χ1v) is 8.72. The number of piperazine rings is 1. The van der Waals surface area contributed by atoms with Crippen molar-refractivity contribution < 1.29 is 27.6 Å². The molecule has 1 aromatic carbocycles. The second-order valence-electron chi connectivity index (χ2n) is 6.79. The molecule has 2 fully saturated rings. The van der Waals surface area contributed by atoms with Crippen LogP contribution in [-0.2, 0) is 14.4 Å². The lowest BCUT2D eigenvalue weighted by atomic mass is 9.99. The third-order valence-corrected chi connectivity index (χ3v) is 4.93. The van der Waals surface area contributed by atoms with Gasteiger partial charge in [0, 0.05) is 19.6 Å². The molecule has 6 nitrogen and oxygen atoms in total. The molecule has 0 spiro atoms. The number of aryl methyl sites for hydroxylation is 1. The van der Waals surface area contributed by atoms with E-state index < -0.39 is 30.1 Å². The number of hydrogen-bond donors (Lipinski definition) is 1. The maximum atomic E-state index is 13.0. The molecule has 2 atom stereocenters. The fraction of sp³-hybridized carbons (Fsp3) is 0.500. The lowest BCUT2D eigenvalue weighted by molar-refractivity contribution is -0.187. The van der Waals surface area contributed by atoms with Gasteiger partial charge in [-0.2, -0.15) is 13.2 Å². The Morgan fingerprint density at radius 3 is 2.41 bits per heavy atom. The molecular formula is C18H20F3N3O3. The van der Waals surface area contributed by atoms with Gasteiger partial charge in [0.25, 0.3) is 0 Å². The number of rotatable bonds is 2. The van der Waals surface area contributed by atoms with Gasteiger partial charge in [0.2, 0.25) is 11.8 Å². The summed E-state index contributed by atoms with van der Waals surface area (Å²) >= 11 is 0. The summed E-state index contributed by atoms with van der Waals surface area (Å²) in [6, 6.07) is 4.93. The summed E-state index contributed by atoms with van der Waals surface area (Å²) < 4.78 is 38.5. The average Bonchev–Trinajstić information content (AvgIpc) is 3.10. The third-order valence-electron chi connectivity index (χ3n) is 4.93. The quantitative estimate of drug-likeness (QED) is 0.843. The molecular weight excluding hydrogens is 363 g/mol. The minimum Gasteiger partial charge on any atom is -0.352 e. The van der Waals surface area contributed by atoms with Crippen molar-refractivity contribution in [3.63, 3.8) is 0 Å².